The topological polar surface area (TPSA) is 83.1 Å². The Balaban J connectivity index is 2.39. The summed E-state index contributed by atoms with van der Waals surface area (Å²) in [5, 5.41) is 2.72. The van der Waals surface area contributed by atoms with E-state index in [4.69, 9.17) is 18.9 Å². The Hall–Kier alpha value is -3.06. The fourth-order valence-corrected chi connectivity index (χ4v) is 2.42. The van der Waals surface area contributed by atoms with Crippen LogP contribution in [0.2, 0.25) is 0 Å². The van der Waals surface area contributed by atoms with Crippen LogP contribution in [0.5, 0.6) is 11.5 Å². The Labute approximate surface area is 151 Å². The molecule has 0 aliphatic carbocycles. The minimum absolute atomic E-state index is 0.159. The highest BCUT2D eigenvalue weighted by Gasteiger charge is 2.19. The molecular weight excluding hydrogens is 338 g/mol. The molecule has 0 radical (unpaired) electrons. The number of amides is 1. The second-order valence-electron chi connectivity index (χ2n) is 5.33. The van der Waals surface area contributed by atoms with Crippen molar-refractivity contribution < 1.29 is 28.5 Å². The van der Waals surface area contributed by atoms with Crippen molar-refractivity contribution in [2.24, 2.45) is 0 Å². The van der Waals surface area contributed by atoms with Gasteiger partial charge in [0.2, 0.25) is 0 Å². The van der Waals surface area contributed by atoms with Crippen molar-refractivity contribution in [3.05, 3.63) is 53.1 Å². The van der Waals surface area contributed by atoms with E-state index in [9.17, 15) is 9.59 Å². The predicted octanol–water partition coefficient (Wildman–Crippen LogP) is 2.89. The first-order chi connectivity index (χ1) is 12.5. The lowest BCUT2D eigenvalue weighted by molar-refractivity contribution is 0.0601. The van der Waals surface area contributed by atoms with Crippen molar-refractivity contribution in [1.82, 2.24) is 0 Å². The summed E-state index contributed by atoms with van der Waals surface area (Å²) in [4.78, 5) is 24.7. The van der Waals surface area contributed by atoms with E-state index in [1.54, 1.807) is 25.3 Å². The van der Waals surface area contributed by atoms with Gasteiger partial charge in [0, 0.05) is 24.8 Å². The van der Waals surface area contributed by atoms with Gasteiger partial charge in [-0.15, -0.1) is 0 Å². The summed E-state index contributed by atoms with van der Waals surface area (Å²) in [5.41, 5.74) is 1.72. The van der Waals surface area contributed by atoms with Crippen LogP contribution in [0.25, 0.3) is 0 Å². The summed E-state index contributed by atoms with van der Waals surface area (Å²) in [6.07, 6.45) is 0. The number of methoxy groups -OCH3 is 4. The van der Waals surface area contributed by atoms with Crippen LogP contribution in [-0.4, -0.2) is 40.3 Å². The molecule has 2 aromatic carbocycles. The summed E-state index contributed by atoms with van der Waals surface area (Å²) in [7, 11) is 5.77. The molecule has 1 amide bonds. The molecule has 0 aromatic heterocycles. The van der Waals surface area contributed by atoms with Crippen LogP contribution in [0.1, 0.15) is 26.3 Å². The number of nitrogens with one attached hydrogen (secondary N) is 1. The van der Waals surface area contributed by atoms with Crippen LogP contribution in [-0.2, 0) is 16.1 Å². The summed E-state index contributed by atoms with van der Waals surface area (Å²) in [6, 6.07) is 9.99. The van der Waals surface area contributed by atoms with Gasteiger partial charge >= 0.3 is 5.97 Å². The number of carbonyl (C=O) groups excluding carboxylic acids is 2. The molecule has 0 heterocycles. The number of ether oxygens (including phenoxy) is 4. The molecule has 0 aliphatic rings. The lowest BCUT2D eigenvalue weighted by Crippen LogP contribution is -2.16. The van der Waals surface area contributed by atoms with E-state index in [0.717, 1.165) is 5.56 Å². The second kappa shape index (κ2) is 8.87. The molecule has 0 saturated carbocycles. The molecule has 2 rings (SSSR count). The number of esters is 1. The minimum Gasteiger partial charge on any atom is -0.493 e. The summed E-state index contributed by atoms with van der Waals surface area (Å²) in [6.45, 7) is 0.394. The van der Waals surface area contributed by atoms with E-state index in [0.29, 0.717) is 23.7 Å². The van der Waals surface area contributed by atoms with Gasteiger partial charge in [0.05, 0.1) is 39.2 Å². The Morgan fingerprint density at radius 2 is 1.65 bits per heavy atom. The van der Waals surface area contributed by atoms with Crippen LogP contribution in [0.3, 0.4) is 0 Å². The summed E-state index contributed by atoms with van der Waals surface area (Å²) >= 11 is 0. The third-order valence-corrected chi connectivity index (χ3v) is 3.68. The van der Waals surface area contributed by atoms with Gasteiger partial charge in [-0.3, -0.25) is 4.79 Å². The third kappa shape index (κ3) is 4.31. The third-order valence-electron chi connectivity index (χ3n) is 3.68. The largest absolute Gasteiger partial charge is 0.493 e. The highest BCUT2D eigenvalue weighted by atomic mass is 16.5. The number of hydrogen-bond donors (Lipinski definition) is 1. The summed E-state index contributed by atoms with van der Waals surface area (Å²) < 4.78 is 20.3. The molecule has 0 fully saturated rings. The maximum absolute atomic E-state index is 12.6. The van der Waals surface area contributed by atoms with Crippen LogP contribution >= 0.6 is 0 Å². The van der Waals surface area contributed by atoms with Crippen molar-refractivity contribution in [3.63, 3.8) is 0 Å². The van der Waals surface area contributed by atoms with E-state index in [2.05, 4.69) is 5.32 Å². The lowest BCUT2D eigenvalue weighted by atomic mass is 10.1. The first kappa shape index (κ1) is 19.3. The number of rotatable bonds is 7. The summed E-state index contributed by atoms with van der Waals surface area (Å²) in [5.74, 6) is -0.244. The van der Waals surface area contributed by atoms with Gasteiger partial charge in [0.15, 0.2) is 11.5 Å². The Bertz CT molecular complexity index is 803. The average molecular weight is 359 g/mol. The van der Waals surface area contributed by atoms with Gasteiger partial charge in [-0.2, -0.15) is 0 Å². The Morgan fingerprint density at radius 3 is 2.27 bits per heavy atom. The van der Waals surface area contributed by atoms with Gasteiger partial charge in [-0.25, -0.2) is 4.79 Å². The number of benzene rings is 2. The number of carbonyl (C=O) groups is 2. The Kier molecular flexibility index (Phi) is 6.57. The standard InChI is InChI=1S/C19H21NO6/c1-23-11-12-6-5-7-13(8-12)18(21)20-15-10-17(25-3)16(24-2)9-14(15)19(22)26-4/h5-10H,11H2,1-4H3,(H,20,21). The van der Waals surface area contributed by atoms with Crippen molar-refractivity contribution in [1.29, 1.82) is 0 Å². The zero-order valence-corrected chi connectivity index (χ0v) is 15.1. The first-order valence-electron chi connectivity index (χ1n) is 7.77. The van der Waals surface area contributed by atoms with E-state index in [1.807, 2.05) is 6.07 Å². The average Bonchev–Trinajstić information content (AvgIpc) is 2.67. The quantitative estimate of drug-likeness (QED) is 0.766. The van der Waals surface area contributed by atoms with Crippen LogP contribution < -0.4 is 14.8 Å². The molecule has 26 heavy (non-hydrogen) atoms. The van der Waals surface area contributed by atoms with E-state index in [1.165, 1.54) is 33.5 Å². The monoisotopic (exact) mass is 359 g/mol. The zero-order valence-electron chi connectivity index (χ0n) is 15.1. The van der Waals surface area contributed by atoms with Crippen molar-refractivity contribution in [2.45, 2.75) is 6.61 Å². The van der Waals surface area contributed by atoms with Gasteiger partial charge < -0.3 is 24.3 Å². The molecule has 138 valence electrons. The highest BCUT2D eigenvalue weighted by molar-refractivity contribution is 6.08. The molecule has 2 aromatic rings. The molecule has 0 atom stereocenters. The smallest absolute Gasteiger partial charge is 0.340 e. The molecule has 0 bridgehead atoms. The second-order valence-corrected chi connectivity index (χ2v) is 5.33. The molecule has 7 heteroatoms. The van der Waals surface area contributed by atoms with Crippen molar-refractivity contribution in [3.8, 4) is 11.5 Å². The fraction of sp³-hybridized carbons (Fsp3) is 0.263. The maximum Gasteiger partial charge on any atom is 0.340 e. The van der Waals surface area contributed by atoms with Crippen LogP contribution in [0.4, 0.5) is 5.69 Å². The van der Waals surface area contributed by atoms with Gasteiger partial charge in [0.25, 0.3) is 5.91 Å². The highest BCUT2D eigenvalue weighted by Crippen LogP contribution is 2.34. The molecule has 0 saturated heterocycles. The SMILES string of the molecule is COCc1cccc(C(=O)Nc2cc(OC)c(OC)cc2C(=O)OC)c1. The van der Waals surface area contributed by atoms with E-state index >= 15 is 0 Å². The minimum atomic E-state index is -0.602. The predicted molar refractivity (Wildman–Crippen MR) is 96.0 cm³/mol. The van der Waals surface area contributed by atoms with Crippen molar-refractivity contribution >= 4 is 17.6 Å². The van der Waals surface area contributed by atoms with Crippen LogP contribution in [0, 0.1) is 0 Å². The molecule has 7 nitrogen and oxygen atoms in total. The van der Waals surface area contributed by atoms with Gasteiger partial charge in [0.1, 0.15) is 0 Å². The Morgan fingerprint density at radius 1 is 0.962 bits per heavy atom. The molecule has 0 spiro atoms. The van der Waals surface area contributed by atoms with Gasteiger partial charge in [-0.05, 0) is 17.7 Å². The molecule has 1 N–H and O–H groups in total. The molecular formula is C19H21NO6. The van der Waals surface area contributed by atoms with Gasteiger partial charge in [-0.1, -0.05) is 12.1 Å². The number of hydrogen-bond acceptors (Lipinski definition) is 6. The normalized spacial score (nSPS) is 10.2. The number of anilines is 1. The zero-order chi connectivity index (χ0) is 19.1. The van der Waals surface area contributed by atoms with E-state index < -0.39 is 5.97 Å². The lowest BCUT2D eigenvalue weighted by Gasteiger charge is -2.15. The van der Waals surface area contributed by atoms with Crippen LogP contribution in [0.15, 0.2) is 36.4 Å². The van der Waals surface area contributed by atoms with E-state index in [-0.39, 0.29) is 17.2 Å². The maximum atomic E-state index is 12.6. The first-order valence-corrected chi connectivity index (χ1v) is 7.77. The van der Waals surface area contributed by atoms with Crippen molar-refractivity contribution in [2.75, 3.05) is 33.8 Å². The molecule has 0 unspecified atom stereocenters. The molecule has 0 aliphatic heterocycles. The fourth-order valence-electron chi connectivity index (χ4n) is 2.42.